The van der Waals surface area contributed by atoms with Crippen LogP contribution in [0.2, 0.25) is 0 Å². The summed E-state index contributed by atoms with van der Waals surface area (Å²) in [5.41, 5.74) is 1.58. The summed E-state index contributed by atoms with van der Waals surface area (Å²) in [7, 11) is 0. The van der Waals surface area contributed by atoms with E-state index in [0.29, 0.717) is 5.78 Å². The highest BCUT2D eigenvalue weighted by atomic mass is 16.1. The summed E-state index contributed by atoms with van der Waals surface area (Å²) in [6.07, 6.45) is 9.20. The lowest BCUT2D eigenvalue weighted by molar-refractivity contribution is -0.116. The Bertz CT molecular complexity index is 160. The van der Waals surface area contributed by atoms with Crippen LogP contribution in [0.4, 0.5) is 0 Å². The van der Waals surface area contributed by atoms with Gasteiger partial charge >= 0.3 is 0 Å². The number of carbonyl (C=O) groups excluding carboxylic acids is 1. The molecular weight excluding hydrogens is 136 g/mol. The highest BCUT2D eigenvalue weighted by Gasteiger charge is 2.05. The van der Waals surface area contributed by atoms with Crippen molar-refractivity contribution in [2.75, 3.05) is 0 Å². The highest BCUT2D eigenvalue weighted by molar-refractivity contribution is 5.75. The Morgan fingerprint density at radius 1 is 1.45 bits per heavy atom. The minimum absolute atomic E-state index is 0.305. The third kappa shape index (κ3) is 3.35. The molecule has 0 aromatic carbocycles. The van der Waals surface area contributed by atoms with E-state index in [9.17, 15) is 4.79 Å². The summed E-state index contributed by atoms with van der Waals surface area (Å²) in [5, 5.41) is 0. The van der Waals surface area contributed by atoms with Crippen molar-refractivity contribution in [1.82, 2.24) is 0 Å². The molecule has 0 atom stereocenters. The van der Waals surface area contributed by atoms with Gasteiger partial charge in [0.15, 0.2) is 0 Å². The molecule has 1 aliphatic carbocycles. The van der Waals surface area contributed by atoms with E-state index in [0.717, 1.165) is 12.8 Å². The fourth-order valence-electron chi connectivity index (χ4n) is 1.51. The molecule has 1 heteroatoms. The first-order valence-electron chi connectivity index (χ1n) is 4.46. The second-order valence-corrected chi connectivity index (χ2v) is 3.31. The van der Waals surface area contributed by atoms with Crippen molar-refractivity contribution in [2.45, 2.75) is 45.4 Å². The van der Waals surface area contributed by atoms with Crippen LogP contribution in [-0.4, -0.2) is 5.78 Å². The molecule has 0 spiro atoms. The monoisotopic (exact) mass is 152 g/mol. The molecule has 0 heterocycles. The van der Waals surface area contributed by atoms with E-state index in [4.69, 9.17) is 0 Å². The lowest BCUT2D eigenvalue weighted by Crippen LogP contribution is -1.87. The van der Waals surface area contributed by atoms with Crippen LogP contribution in [0, 0.1) is 0 Å². The van der Waals surface area contributed by atoms with E-state index in [2.05, 4.69) is 6.08 Å². The van der Waals surface area contributed by atoms with Crippen LogP contribution in [0.25, 0.3) is 0 Å². The SMILES string of the molecule is CC(=O)CCC=C1CCCC1. The fraction of sp³-hybridized carbons (Fsp3) is 0.700. The average Bonchev–Trinajstić information content (AvgIpc) is 2.39. The number of ketones is 1. The number of allylic oxidation sites excluding steroid dienone is 2. The summed E-state index contributed by atoms with van der Waals surface area (Å²) >= 11 is 0. The molecule has 1 aliphatic rings. The summed E-state index contributed by atoms with van der Waals surface area (Å²) in [4.78, 5) is 10.6. The van der Waals surface area contributed by atoms with E-state index >= 15 is 0 Å². The molecule has 0 bridgehead atoms. The number of rotatable bonds is 3. The maximum absolute atomic E-state index is 10.6. The van der Waals surface area contributed by atoms with E-state index in [-0.39, 0.29) is 0 Å². The molecule has 1 saturated carbocycles. The second-order valence-electron chi connectivity index (χ2n) is 3.31. The molecule has 62 valence electrons. The molecule has 0 amide bonds. The van der Waals surface area contributed by atoms with Gasteiger partial charge in [0.05, 0.1) is 0 Å². The van der Waals surface area contributed by atoms with Gasteiger partial charge in [-0.1, -0.05) is 11.6 Å². The van der Waals surface area contributed by atoms with Crippen molar-refractivity contribution >= 4 is 5.78 Å². The quantitative estimate of drug-likeness (QED) is 0.568. The largest absolute Gasteiger partial charge is 0.300 e. The van der Waals surface area contributed by atoms with Crippen LogP contribution in [0.5, 0.6) is 0 Å². The zero-order valence-corrected chi connectivity index (χ0v) is 7.23. The molecule has 1 fully saturated rings. The van der Waals surface area contributed by atoms with Gasteiger partial charge in [-0.3, -0.25) is 0 Å². The number of hydrogen-bond acceptors (Lipinski definition) is 1. The van der Waals surface area contributed by atoms with Gasteiger partial charge < -0.3 is 4.79 Å². The molecule has 11 heavy (non-hydrogen) atoms. The second kappa shape index (κ2) is 4.32. The summed E-state index contributed by atoms with van der Waals surface area (Å²) in [6.45, 7) is 1.66. The van der Waals surface area contributed by atoms with Crippen LogP contribution in [0.15, 0.2) is 11.6 Å². The normalized spacial score (nSPS) is 17.0. The van der Waals surface area contributed by atoms with Gasteiger partial charge in [-0.15, -0.1) is 0 Å². The first-order chi connectivity index (χ1) is 5.29. The van der Waals surface area contributed by atoms with Crippen LogP contribution < -0.4 is 0 Å². The van der Waals surface area contributed by atoms with Crippen molar-refractivity contribution < 1.29 is 4.79 Å². The number of Topliss-reactive ketones (excluding diaryl/α,β-unsaturated/α-hetero) is 1. The standard InChI is InChI=1S/C10H16O/c1-9(11)5-4-8-10-6-2-3-7-10/h8H,2-7H2,1H3. The number of carbonyl (C=O) groups is 1. The molecule has 0 aromatic heterocycles. The van der Waals surface area contributed by atoms with Gasteiger partial charge in [-0.2, -0.15) is 0 Å². The molecule has 0 radical (unpaired) electrons. The van der Waals surface area contributed by atoms with Crippen molar-refractivity contribution in [3.05, 3.63) is 11.6 Å². The fourth-order valence-corrected chi connectivity index (χ4v) is 1.51. The first kappa shape index (κ1) is 8.51. The molecule has 1 nitrogen and oxygen atoms in total. The van der Waals surface area contributed by atoms with Gasteiger partial charge in [-0.05, 0) is 39.0 Å². The first-order valence-corrected chi connectivity index (χ1v) is 4.46. The Hall–Kier alpha value is -0.590. The highest BCUT2D eigenvalue weighted by Crippen LogP contribution is 2.24. The average molecular weight is 152 g/mol. The molecule has 0 aromatic rings. The van der Waals surface area contributed by atoms with E-state index in [1.54, 1.807) is 12.5 Å². The van der Waals surface area contributed by atoms with Crippen molar-refractivity contribution in [1.29, 1.82) is 0 Å². The van der Waals surface area contributed by atoms with Crippen molar-refractivity contribution in [2.24, 2.45) is 0 Å². The van der Waals surface area contributed by atoms with Crippen LogP contribution in [0.1, 0.15) is 45.4 Å². The predicted octanol–water partition coefficient (Wildman–Crippen LogP) is 2.86. The summed E-state index contributed by atoms with van der Waals surface area (Å²) in [6, 6.07) is 0. The Labute approximate surface area is 68.5 Å². The van der Waals surface area contributed by atoms with E-state index in [1.165, 1.54) is 25.7 Å². The number of hydrogen-bond donors (Lipinski definition) is 0. The summed E-state index contributed by atoms with van der Waals surface area (Å²) in [5.74, 6) is 0.305. The molecule has 0 unspecified atom stereocenters. The minimum Gasteiger partial charge on any atom is -0.300 e. The molecule has 1 rings (SSSR count). The van der Waals surface area contributed by atoms with E-state index < -0.39 is 0 Å². The molecule has 0 N–H and O–H groups in total. The Morgan fingerprint density at radius 3 is 2.64 bits per heavy atom. The van der Waals surface area contributed by atoms with Gasteiger partial charge in [0.2, 0.25) is 0 Å². The predicted molar refractivity (Wildman–Crippen MR) is 46.5 cm³/mol. The lowest BCUT2D eigenvalue weighted by atomic mass is 10.1. The third-order valence-corrected chi connectivity index (χ3v) is 2.18. The van der Waals surface area contributed by atoms with Crippen LogP contribution >= 0.6 is 0 Å². The lowest BCUT2D eigenvalue weighted by Gasteiger charge is -1.93. The molecule has 0 aliphatic heterocycles. The smallest absolute Gasteiger partial charge is 0.130 e. The Balaban J connectivity index is 2.18. The van der Waals surface area contributed by atoms with Crippen molar-refractivity contribution in [3.8, 4) is 0 Å². The third-order valence-electron chi connectivity index (χ3n) is 2.18. The zero-order valence-electron chi connectivity index (χ0n) is 7.23. The maximum Gasteiger partial charge on any atom is 0.130 e. The van der Waals surface area contributed by atoms with Gasteiger partial charge in [0.25, 0.3) is 0 Å². The van der Waals surface area contributed by atoms with E-state index in [1.807, 2.05) is 0 Å². The molecular formula is C10H16O. The van der Waals surface area contributed by atoms with Gasteiger partial charge in [0, 0.05) is 6.42 Å². The molecule has 0 saturated heterocycles. The zero-order chi connectivity index (χ0) is 8.10. The van der Waals surface area contributed by atoms with Crippen LogP contribution in [0.3, 0.4) is 0 Å². The van der Waals surface area contributed by atoms with Crippen LogP contribution in [-0.2, 0) is 4.79 Å². The van der Waals surface area contributed by atoms with Gasteiger partial charge in [0.1, 0.15) is 5.78 Å². The topological polar surface area (TPSA) is 17.1 Å². The Morgan fingerprint density at radius 2 is 2.09 bits per heavy atom. The van der Waals surface area contributed by atoms with Gasteiger partial charge in [-0.25, -0.2) is 0 Å². The Kier molecular flexibility index (Phi) is 3.34. The maximum atomic E-state index is 10.6. The van der Waals surface area contributed by atoms with Crippen molar-refractivity contribution in [3.63, 3.8) is 0 Å². The summed E-state index contributed by atoms with van der Waals surface area (Å²) < 4.78 is 0. The minimum atomic E-state index is 0.305.